The van der Waals surface area contributed by atoms with Crippen molar-refractivity contribution in [3.8, 4) is 0 Å². The van der Waals surface area contributed by atoms with Gasteiger partial charge < -0.3 is 11.1 Å². The van der Waals surface area contributed by atoms with Gasteiger partial charge in [-0.2, -0.15) is 0 Å². The number of nitrogens with one attached hydrogen (secondary N) is 1. The van der Waals surface area contributed by atoms with Crippen molar-refractivity contribution in [3.63, 3.8) is 0 Å². The van der Waals surface area contributed by atoms with Crippen LogP contribution in [0.5, 0.6) is 0 Å². The van der Waals surface area contributed by atoms with E-state index in [4.69, 9.17) is 5.73 Å². The highest BCUT2D eigenvalue weighted by Crippen LogP contribution is 2.29. The van der Waals surface area contributed by atoms with Crippen LogP contribution in [0.15, 0.2) is 5.38 Å². The summed E-state index contributed by atoms with van der Waals surface area (Å²) in [5, 5.41) is 4.41. The molecule has 1 heterocycles. The van der Waals surface area contributed by atoms with E-state index in [-0.39, 0.29) is 12.5 Å². The van der Waals surface area contributed by atoms with Gasteiger partial charge in [0.1, 0.15) is 0 Å². The van der Waals surface area contributed by atoms with E-state index in [9.17, 15) is 9.59 Å². The molecule has 86 valence electrons. The molecule has 0 radical (unpaired) electrons. The minimum absolute atomic E-state index is 0.0938. The van der Waals surface area contributed by atoms with E-state index in [2.05, 4.69) is 5.32 Å². The number of carbonyl (C=O) groups excluding carboxylic acids is 2. The van der Waals surface area contributed by atoms with Gasteiger partial charge in [-0.25, -0.2) is 0 Å². The number of hydrogen-bond donors (Lipinski definition) is 2. The summed E-state index contributed by atoms with van der Waals surface area (Å²) in [4.78, 5) is 23.7. The molecule has 5 heteroatoms. The van der Waals surface area contributed by atoms with Crippen LogP contribution >= 0.6 is 11.3 Å². The molecule has 1 aliphatic rings. The van der Waals surface area contributed by atoms with Gasteiger partial charge in [0.05, 0.1) is 12.1 Å². The van der Waals surface area contributed by atoms with E-state index in [0.29, 0.717) is 0 Å². The molecule has 0 atom stereocenters. The number of rotatable bonds is 3. The zero-order valence-electron chi connectivity index (χ0n) is 8.91. The molecule has 1 aromatic rings. The predicted molar refractivity (Wildman–Crippen MR) is 62.5 cm³/mol. The highest BCUT2D eigenvalue weighted by molar-refractivity contribution is 7.10. The van der Waals surface area contributed by atoms with Gasteiger partial charge in [0.15, 0.2) is 0 Å². The maximum absolute atomic E-state index is 11.8. The third-order valence-corrected chi connectivity index (χ3v) is 3.82. The minimum Gasteiger partial charge on any atom is -0.368 e. The van der Waals surface area contributed by atoms with E-state index in [1.165, 1.54) is 16.9 Å². The maximum atomic E-state index is 11.8. The summed E-state index contributed by atoms with van der Waals surface area (Å²) in [7, 11) is 0. The Balaban J connectivity index is 2.11. The van der Waals surface area contributed by atoms with Gasteiger partial charge in [0, 0.05) is 10.3 Å². The van der Waals surface area contributed by atoms with Gasteiger partial charge in [0.2, 0.25) is 5.91 Å². The molecule has 0 fully saturated rings. The SMILES string of the molecule is NC(=O)CNC(=O)c1csc2c1CCCC2. The average Bonchev–Trinajstić information content (AvgIpc) is 2.69. The lowest BCUT2D eigenvalue weighted by Gasteiger charge is -2.12. The molecule has 3 N–H and O–H groups in total. The second-order valence-electron chi connectivity index (χ2n) is 3.91. The Kier molecular flexibility index (Phi) is 3.24. The van der Waals surface area contributed by atoms with Crippen LogP contribution in [-0.4, -0.2) is 18.4 Å². The van der Waals surface area contributed by atoms with Crippen LogP contribution in [0.25, 0.3) is 0 Å². The second kappa shape index (κ2) is 4.65. The first-order valence-corrected chi connectivity index (χ1v) is 6.22. The molecular formula is C11H14N2O2S. The van der Waals surface area contributed by atoms with Crippen molar-refractivity contribution < 1.29 is 9.59 Å². The Labute approximate surface area is 97.8 Å². The lowest BCUT2D eigenvalue weighted by Crippen LogP contribution is -2.33. The predicted octanol–water partition coefficient (Wildman–Crippen LogP) is 0.842. The van der Waals surface area contributed by atoms with Gasteiger partial charge in [-0.05, 0) is 31.2 Å². The first-order valence-electron chi connectivity index (χ1n) is 5.34. The molecule has 0 spiro atoms. The quantitative estimate of drug-likeness (QED) is 0.819. The van der Waals surface area contributed by atoms with Gasteiger partial charge in [0.25, 0.3) is 5.91 Å². The van der Waals surface area contributed by atoms with Crippen LogP contribution in [0.2, 0.25) is 0 Å². The monoisotopic (exact) mass is 238 g/mol. The fourth-order valence-electron chi connectivity index (χ4n) is 1.95. The molecule has 0 aromatic carbocycles. The van der Waals surface area contributed by atoms with E-state index < -0.39 is 5.91 Å². The standard InChI is InChI=1S/C11H14N2O2S/c12-10(14)5-13-11(15)8-6-16-9-4-2-1-3-7(8)9/h6H,1-5H2,(H2,12,14)(H,13,15). The zero-order valence-corrected chi connectivity index (χ0v) is 9.73. The van der Waals surface area contributed by atoms with E-state index in [1.807, 2.05) is 5.38 Å². The smallest absolute Gasteiger partial charge is 0.252 e. The maximum Gasteiger partial charge on any atom is 0.252 e. The van der Waals surface area contributed by atoms with Crippen molar-refractivity contribution in [1.82, 2.24) is 5.32 Å². The van der Waals surface area contributed by atoms with Crippen LogP contribution in [-0.2, 0) is 17.6 Å². The summed E-state index contributed by atoms with van der Waals surface area (Å²) in [6.45, 7) is -0.0938. The fourth-order valence-corrected chi connectivity index (χ4v) is 3.07. The Morgan fingerprint density at radius 1 is 1.38 bits per heavy atom. The normalized spacial score (nSPS) is 14.2. The Bertz CT molecular complexity index is 426. The number of amides is 2. The van der Waals surface area contributed by atoms with Crippen LogP contribution in [0.3, 0.4) is 0 Å². The molecular weight excluding hydrogens is 224 g/mol. The number of primary amides is 1. The van der Waals surface area contributed by atoms with Gasteiger partial charge in [-0.1, -0.05) is 0 Å². The van der Waals surface area contributed by atoms with E-state index >= 15 is 0 Å². The van der Waals surface area contributed by atoms with Gasteiger partial charge in [-0.15, -0.1) is 11.3 Å². The molecule has 2 amide bonds. The van der Waals surface area contributed by atoms with Crippen molar-refractivity contribution in [2.75, 3.05) is 6.54 Å². The largest absolute Gasteiger partial charge is 0.368 e. The van der Waals surface area contributed by atoms with E-state index in [1.54, 1.807) is 11.3 Å². The third-order valence-electron chi connectivity index (χ3n) is 2.73. The van der Waals surface area contributed by atoms with Gasteiger partial charge >= 0.3 is 0 Å². The summed E-state index contributed by atoms with van der Waals surface area (Å²) in [5.41, 5.74) is 6.87. The lowest BCUT2D eigenvalue weighted by molar-refractivity contribution is -0.117. The Morgan fingerprint density at radius 2 is 2.12 bits per heavy atom. The van der Waals surface area contributed by atoms with Crippen LogP contribution in [0.1, 0.15) is 33.6 Å². The first-order chi connectivity index (χ1) is 7.68. The van der Waals surface area contributed by atoms with Gasteiger partial charge in [-0.3, -0.25) is 9.59 Å². The molecule has 4 nitrogen and oxygen atoms in total. The molecule has 1 aliphatic carbocycles. The molecule has 2 rings (SSSR count). The number of carbonyl (C=O) groups is 2. The Morgan fingerprint density at radius 3 is 2.88 bits per heavy atom. The van der Waals surface area contributed by atoms with Crippen LogP contribution < -0.4 is 11.1 Å². The molecule has 16 heavy (non-hydrogen) atoms. The first kappa shape index (κ1) is 11.1. The number of thiophene rings is 1. The molecule has 0 saturated carbocycles. The summed E-state index contributed by atoms with van der Waals surface area (Å²) >= 11 is 1.64. The molecule has 0 aliphatic heterocycles. The minimum atomic E-state index is -0.516. The third kappa shape index (κ3) is 2.24. The van der Waals surface area contributed by atoms with Crippen molar-refractivity contribution >= 4 is 23.2 Å². The van der Waals surface area contributed by atoms with E-state index in [0.717, 1.165) is 24.8 Å². The average molecular weight is 238 g/mol. The van der Waals surface area contributed by atoms with Crippen LogP contribution in [0, 0.1) is 0 Å². The second-order valence-corrected chi connectivity index (χ2v) is 4.87. The van der Waals surface area contributed by atoms with Crippen LogP contribution in [0.4, 0.5) is 0 Å². The summed E-state index contributed by atoms with van der Waals surface area (Å²) in [6.07, 6.45) is 4.39. The zero-order chi connectivity index (χ0) is 11.5. The van der Waals surface area contributed by atoms with Crippen molar-refractivity contribution in [2.45, 2.75) is 25.7 Å². The summed E-state index contributed by atoms with van der Waals surface area (Å²) in [6, 6.07) is 0. The van der Waals surface area contributed by atoms with Crippen molar-refractivity contribution in [1.29, 1.82) is 0 Å². The Hall–Kier alpha value is -1.36. The molecule has 0 bridgehead atoms. The molecule has 1 aromatic heterocycles. The van der Waals surface area contributed by atoms with Crippen molar-refractivity contribution in [3.05, 3.63) is 21.4 Å². The van der Waals surface area contributed by atoms with Crippen molar-refractivity contribution in [2.24, 2.45) is 5.73 Å². The topological polar surface area (TPSA) is 72.2 Å². The lowest BCUT2D eigenvalue weighted by atomic mass is 9.96. The summed E-state index contributed by atoms with van der Waals surface area (Å²) in [5.74, 6) is -0.698. The molecule has 0 saturated heterocycles. The number of hydrogen-bond acceptors (Lipinski definition) is 3. The fraction of sp³-hybridized carbons (Fsp3) is 0.455. The highest BCUT2D eigenvalue weighted by atomic mass is 32.1. The highest BCUT2D eigenvalue weighted by Gasteiger charge is 2.19. The number of aryl methyl sites for hydroxylation is 1. The number of fused-ring (bicyclic) bond motifs is 1. The molecule has 0 unspecified atom stereocenters. The number of nitrogens with two attached hydrogens (primary N) is 1. The summed E-state index contributed by atoms with van der Waals surface area (Å²) < 4.78 is 0.